The van der Waals surface area contributed by atoms with Gasteiger partial charge in [0.05, 0.1) is 5.52 Å². The number of hydrogen-bond acceptors (Lipinski definition) is 1. The fraction of sp³-hybridized carbons (Fsp3) is 0.429. The van der Waals surface area contributed by atoms with Gasteiger partial charge >= 0.3 is 0 Å². The van der Waals surface area contributed by atoms with Gasteiger partial charge in [0, 0.05) is 17.6 Å². The SMILES string of the molecule is CCn1c(CCCNC)cc2cccc(F)c21. The van der Waals surface area contributed by atoms with Crippen molar-refractivity contribution in [3.63, 3.8) is 0 Å². The average Bonchev–Trinajstić information content (AvgIpc) is 2.68. The summed E-state index contributed by atoms with van der Waals surface area (Å²) in [6.07, 6.45) is 2.07. The van der Waals surface area contributed by atoms with Crippen molar-refractivity contribution < 1.29 is 4.39 Å². The van der Waals surface area contributed by atoms with E-state index in [-0.39, 0.29) is 5.82 Å². The number of benzene rings is 1. The highest BCUT2D eigenvalue weighted by Crippen LogP contribution is 2.23. The first-order chi connectivity index (χ1) is 8.27. The fourth-order valence-electron chi connectivity index (χ4n) is 2.35. The Balaban J connectivity index is 2.38. The Labute approximate surface area is 101 Å². The second kappa shape index (κ2) is 5.32. The van der Waals surface area contributed by atoms with Gasteiger partial charge in [-0.1, -0.05) is 12.1 Å². The van der Waals surface area contributed by atoms with Crippen molar-refractivity contribution in [2.45, 2.75) is 26.3 Å². The summed E-state index contributed by atoms with van der Waals surface area (Å²) in [5, 5.41) is 4.14. The molecule has 1 aromatic carbocycles. The van der Waals surface area contributed by atoms with Crippen LogP contribution >= 0.6 is 0 Å². The molecule has 0 aliphatic rings. The highest BCUT2D eigenvalue weighted by atomic mass is 19.1. The molecule has 0 fully saturated rings. The van der Waals surface area contributed by atoms with Crippen molar-refractivity contribution in [1.82, 2.24) is 9.88 Å². The maximum absolute atomic E-state index is 13.8. The molecule has 17 heavy (non-hydrogen) atoms. The molecule has 2 rings (SSSR count). The number of fused-ring (bicyclic) bond motifs is 1. The zero-order chi connectivity index (χ0) is 12.3. The molecular formula is C14H19FN2. The quantitative estimate of drug-likeness (QED) is 0.787. The molecule has 1 N–H and O–H groups in total. The van der Waals surface area contributed by atoms with Crippen LogP contribution in [0.3, 0.4) is 0 Å². The summed E-state index contributed by atoms with van der Waals surface area (Å²) in [6, 6.07) is 7.39. The Kier molecular flexibility index (Phi) is 3.79. The third-order valence-corrected chi connectivity index (χ3v) is 3.13. The van der Waals surface area contributed by atoms with Crippen molar-refractivity contribution in [1.29, 1.82) is 0 Å². The summed E-state index contributed by atoms with van der Waals surface area (Å²) in [5.41, 5.74) is 1.97. The summed E-state index contributed by atoms with van der Waals surface area (Å²) in [7, 11) is 1.95. The second-order valence-corrected chi connectivity index (χ2v) is 4.26. The van der Waals surface area contributed by atoms with E-state index < -0.39 is 0 Å². The molecule has 3 heteroatoms. The molecule has 0 atom stereocenters. The van der Waals surface area contributed by atoms with E-state index in [1.165, 1.54) is 11.8 Å². The van der Waals surface area contributed by atoms with Crippen molar-refractivity contribution in [2.24, 2.45) is 0 Å². The monoisotopic (exact) mass is 234 g/mol. The van der Waals surface area contributed by atoms with Crippen LogP contribution in [0.25, 0.3) is 10.9 Å². The number of hydrogen-bond donors (Lipinski definition) is 1. The Bertz CT molecular complexity index is 502. The standard InChI is InChI=1S/C14H19FN2/c1-3-17-12(7-5-9-16-2)10-11-6-4-8-13(15)14(11)17/h4,6,8,10,16H,3,5,7,9H2,1-2H3. The summed E-state index contributed by atoms with van der Waals surface area (Å²) >= 11 is 0. The molecule has 1 aromatic heterocycles. The van der Waals surface area contributed by atoms with Gasteiger partial charge in [-0.3, -0.25) is 0 Å². The largest absolute Gasteiger partial charge is 0.343 e. The molecule has 0 spiro atoms. The van der Waals surface area contributed by atoms with Crippen LogP contribution < -0.4 is 5.32 Å². The normalized spacial score (nSPS) is 11.2. The van der Waals surface area contributed by atoms with Crippen molar-refractivity contribution >= 4 is 10.9 Å². The van der Waals surface area contributed by atoms with E-state index in [1.807, 2.05) is 13.1 Å². The zero-order valence-electron chi connectivity index (χ0n) is 10.5. The van der Waals surface area contributed by atoms with Crippen LogP contribution in [0.5, 0.6) is 0 Å². The van der Waals surface area contributed by atoms with Crippen LogP contribution in [0.4, 0.5) is 4.39 Å². The highest BCUT2D eigenvalue weighted by molar-refractivity contribution is 5.81. The van der Waals surface area contributed by atoms with Gasteiger partial charge in [-0.05, 0) is 45.5 Å². The predicted octanol–water partition coefficient (Wildman–Crippen LogP) is 2.95. The number of aromatic nitrogens is 1. The second-order valence-electron chi connectivity index (χ2n) is 4.26. The summed E-state index contributed by atoms with van der Waals surface area (Å²) in [5.74, 6) is -0.121. The van der Waals surface area contributed by atoms with Gasteiger partial charge in [-0.2, -0.15) is 0 Å². The van der Waals surface area contributed by atoms with Crippen LogP contribution in [0, 0.1) is 5.82 Å². The fourth-order valence-corrected chi connectivity index (χ4v) is 2.35. The van der Waals surface area contributed by atoms with E-state index in [0.29, 0.717) is 0 Å². The molecule has 0 aliphatic heterocycles. The van der Waals surface area contributed by atoms with Crippen LogP contribution in [0.15, 0.2) is 24.3 Å². The number of nitrogens with zero attached hydrogens (tertiary/aromatic N) is 1. The summed E-state index contributed by atoms with van der Waals surface area (Å²) in [6.45, 7) is 3.88. The number of aryl methyl sites for hydroxylation is 2. The minimum Gasteiger partial charge on any atom is -0.343 e. The lowest BCUT2D eigenvalue weighted by Crippen LogP contribution is -2.10. The maximum Gasteiger partial charge on any atom is 0.147 e. The summed E-state index contributed by atoms with van der Waals surface area (Å²) < 4.78 is 15.9. The number of para-hydroxylation sites is 1. The molecule has 0 aliphatic carbocycles. The topological polar surface area (TPSA) is 17.0 Å². The molecule has 92 valence electrons. The van der Waals surface area contributed by atoms with Gasteiger partial charge in [0.25, 0.3) is 0 Å². The molecule has 2 aromatic rings. The van der Waals surface area contributed by atoms with Crippen molar-refractivity contribution in [2.75, 3.05) is 13.6 Å². The van der Waals surface area contributed by atoms with Gasteiger partial charge < -0.3 is 9.88 Å². The van der Waals surface area contributed by atoms with E-state index in [4.69, 9.17) is 0 Å². The summed E-state index contributed by atoms with van der Waals surface area (Å²) in [4.78, 5) is 0. The number of halogens is 1. The molecule has 0 bridgehead atoms. The van der Waals surface area contributed by atoms with E-state index in [2.05, 4.69) is 22.9 Å². The zero-order valence-corrected chi connectivity index (χ0v) is 10.5. The Morgan fingerprint density at radius 2 is 2.18 bits per heavy atom. The minimum atomic E-state index is -0.121. The van der Waals surface area contributed by atoms with Crippen molar-refractivity contribution in [3.8, 4) is 0 Å². The molecule has 0 amide bonds. The maximum atomic E-state index is 13.8. The molecule has 2 nitrogen and oxygen atoms in total. The first-order valence-corrected chi connectivity index (χ1v) is 6.19. The van der Waals surface area contributed by atoms with Crippen LogP contribution in [-0.4, -0.2) is 18.2 Å². The van der Waals surface area contributed by atoms with Gasteiger partial charge in [0.2, 0.25) is 0 Å². The van der Waals surface area contributed by atoms with Crippen molar-refractivity contribution in [3.05, 3.63) is 35.8 Å². The highest BCUT2D eigenvalue weighted by Gasteiger charge is 2.10. The molecule has 0 saturated carbocycles. The van der Waals surface area contributed by atoms with E-state index >= 15 is 0 Å². The van der Waals surface area contributed by atoms with E-state index in [1.54, 1.807) is 6.07 Å². The number of nitrogens with one attached hydrogen (secondary N) is 1. The lowest BCUT2D eigenvalue weighted by atomic mass is 10.2. The van der Waals surface area contributed by atoms with Crippen LogP contribution in [0.2, 0.25) is 0 Å². The minimum absolute atomic E-state index is 0.121. The lowest BCUT2D eigenvalue weighted by Gasteiger charge is -2.08. The smallest absolute Gasteiger partial charge is 0.147 e. The van der Waals surface area contributed by atoms with E-state index in [9.17, 15) is 4.39 Å². The predicted molar refractivity (Wildman–Crippen MR) is 69.8 cm³/mol. The third kappa shape index (κ3) is 2.34. The Morgan fingerprint density at radius 1 is 1.35 bits per heavy atom. The van der Waals surface area contributed by atoms with Gasteiger partial charge in [-0.15, -0.1) is 0 Å². The third-order valence-electron chi connectivity index (χ3n) is 3.13. The average molecular weight is 234 g/mol. The first-order valence-electron chi connectivity index (χ1n) is 6.19. The lowest BCUT2D eigenvalue weighted by molar-refractivity contribution is 0.617. The number of rotatable bonds is 5. The molecule has 0 saturated heterocycles. The van der Waals surface area contributed by atoms with Gasteiger partial charge in [0.1, 0.15) is 5.82 Å². The van der Waals surface area contributed by atoms with Crippen LogP contribution in [0.1, 0.15) is 19.0 Å². The van der Waals surface area contributed by atoms with E-state index in [0.717, 1.165) is 36.8 Å². The van der Waals surface area contributed by atoms with Gasteiger partial charge in [0.15, 0.2) is 0 Å². The molecule has 0 unspecified atom stereocenters. The molecular weight excluding hydrogens is 215 g/mol. The molecule has 1 heterocycles. The Morgan fingerprint density at radius 3 is 2.88 bits per heavy atom. The van der Waals surface area contributed by atoms with Gasteiger partial charge in [-0.25, -0.2) is 4.39 Å². The molecule has 0 radical (unpaired) electrons. The van der Waals surface area contributed by atoms with Crippen LogP contribution in [-0.2, 0) is 13.0 Å². The first kappa shape index (κ1) is 12.1. The Hall–Kier alpha value is -1.35.